The van der Waals surface area contributed by atoms with Crippen molar-refractivity contribution >= 4 is 28.8 Å². The molecule has 0 radical (unpaired) electrons. The molecule has 3 heterocycles. The largest absolute Gasteiger partial charge is 0.497 e. The summed E-state index contributed by atoms with van der Waals surface area (Å²) in [5, 5.41) is 2.79. The van der Waals surface area contributed by atoms with Crippen molar-refractivity contribution in [2.75, 3.05) is 20.3 Å². The Balaban J connectivity index is 1.62. The highest BCUT2D eigenvalue weighted by Gasteiger charge is 2.51. The van der Waals surface area contributed by atoms with Crippen molar-refractivity contribution < 1.29 is 42.1 Å². The molecule has 2 aliphatic heterocycles. The smallest absolute Gasteiger partial charge is 0.408 e. The van der Waals surface area contributed by atoms with Crippen molar-refractivity contribution in [3.8, 4) is 11.6 Å². The van der Waals surface area contributed by atoms with Gasteiger partial charge in [0, 0.05) is 25.0 Å². The van der Waals surface area contributed by atoms with Crippen LogP contribution in [0.2, 0.25) is 0 Å². The van der Waals surface area contributed by atoms with E-state index in [0.717, 1.165) is 6.42 Å². The Kier molecular flexibility index (Phi) is 9.69. The molecule has 2 fully saturated rings. The lowest BCUT2D eigenvalue weighted by Gasteiger charge is -2.37. The van der Waals surface area contributed by atoms with Crippen LogP contribution in [0.25, 0.3) is 11.0 Å². The molecule has 1 N–H and O–H groups in total. The minimum absolute atomic E-state index is 0.00461. The van der Waals surface area contributed by atoms with E-state index in [4.69, 9.17) is 18.9 Å². The number of halogens is 2. The van der Waals surface area contributed by atoms with Gasteiger partial charge in [0.15, 0.2) is 11.5 Å². The summed E-state index contributed by atoms with van der Waals surface area (Å²) in [6.07, 6.45) is -0.517. The van der Waals surface area contributed by atoms with Crippen molar-refractivity contribution in [1.82, 2.24) is 20.2 Å². The summed E-state index contributed by atoms with van der Waals surface area (Å²) in [4.78, 5) is 51.1. The van der Waals surface area contributed by atoms with E-state index in [1.165, 1.54) is 18.9 Å². The maximum absolute atomic E-state index is 16.1. The summed E-state index contributed by atoms with van der Waals surface area (Å²) in [6, 6.07) is 2.79. The molecule has 2 amide bonds. The van der Waals surface area contributed by atoms with Gasteiger partial charge < -0.3 is 29.2 Å². The number of alkyl carbamates (subject to hydrolysis) is 1. The molecule has 1 aromatic carbocycles. The number of rotatable bonds is 3. The van der Waals surface area contributed by atoms with Crippen LogP contribution in [0.5, 0.6) is 11.6 Å². The number of alkyl halides is 2. The molecule has 2 bridgehead atoms. The highest BCUT2D eigenvalue weighted by atomic mass is 19.3. The second kappa shape index (κ2) is 13.1. The van der Waals surface area contributed by atoms with Crippen LogP contribution in [-0.2, 0) is 25.0 Å². The predicted octanol–water partition coefficient (Wildman–Crippen LogP) is 5.57. The quantitative estimate of drug-likeness (QED) is 0.450. The van der Waals surface area contributed by atoms with E-state index in [0.29, 0.717) is 30.5 Å². The van der Waals surface area contributed by atoms with Crippen LogP contribution in [0.15, 0.2) is 18.2 Å². The van der Waals surface area contributed by atoms with Crippen LogP contribution >= 0.6 is 0 Å². The van der Waals surface area contributed by atoms with Crippen LogP contribution in [0.1, 0.15) is 85.8 Å². The third-order valence-corrected chi connectivity index (χ3v) is 9.69. The number of hydrogen-bond donors (Lipinski definition) is 1. The average molecular weight is 661 g/mol. The first-order valence-electron chi connectivity index (χ1n) is 16.4. The average Bonchev–Trinajstić information content (AvgIpc) is 3.55. The third kappa shape index (κ3) is 7.00. The number of carbonyl (C=O) groups excluding carboxylic acids is 3. The Bertz CT molecular complexity index is 1520. The van der Waals surface area contributed by atoms with Crippen LogP contribution in [0.3, 0.4) is 0 Å². The first-order valence-corrected chi connectivity index (χ1v) is 16.4. The van der Waals surface area contributed by atoms with E-state index < -0.39 is 71.3 Å². The van der Waals surface area contributed by atoms with E-state index in [1.807, 2.05) is 27.7 Å². The van der Waals surface area contributed by atoms with Crippen molar-refractivity contribution in [3.63, 3.8) is 0 Å². The Morgan fingerprint density at radius 3 is 2.55 bits per heavy atom. The summed E-state index contributed by atoms with van der Waals surface area (Å²) in [6.45, 7) is 10.4. The van der Waals surface area contributed by atoms with Crippen molar-refractivity contribution in [3.05, 3.63) is 23.9 Å². The van der Waals surface area contributed by atoms with Gasteiger partial charge in [0.1, 0.15) is 23.5 Å². The Hall–Kier alpha value is -3.61. The van der Waals surface area contributed by atoms with E-state index >= 15 is 8.78 Å². The molecule has 1 saturated carbocycles. The molecule has 0 spiro atoms. The normalized spacial score (nSPS) is 30.3. The summed E-state index contributed by atoms with van der Waals surface area (Å²) < 4.78 is 55.8. The Labute approximate surface area is 274 Å². The fourth-order valence-electron chi connectivity index (χ4n) is 7.14. The SMILES string of the molecule is CC[C@@H]1[C@@H]2CN(C(=O)[C@H](C(C)(C)C)NC(=O)O[C@]3(C)CCC[C@H]3OCCCC(F)(F)c3nc4ccc(OC)cc4nc3O2)[C@@H]1C(C)=O. The number of ether oxygens (including phenoxy) is 4. The van der Waals surface area contributed by atoms with Gasteiger partial charge in [0.05, 0.1) is 36.8 Å². The zero-order chi connectivity index (χ0) is 34.3. The lowest BCUT2D eigenvalue weighted by molar-refractivity contribution is -0.142. The molecule has 6 atom stereocenters. The summed E-state index contributed by atoms with van der Waals surface area (Å²) in [5.41, 5.74) is -1.87. The zero-order valence-corrected chi connectivity index (χ0v) is 28.2. The minimum Gasteiger partial charge on any atom is -0.497 e. The molecule has 5 rings (SSSR count). The van der Waals surface area contributed by atoms with E-state index in [1.54, 1.807) is 25.1 Å². The number of aromatic nitrogens is 2. The molecule has 1 saturated heterocycles. The lowest BCUT2D eigenvalue weighted by Crippen LogP contribution is -2.58. The third-order valence-electron chi connectivity index (χ3n) is 9.69. The van der Waals surface area contributed by atoms with Gasteiger partial charge in [-0.15, -0.1) is 0 Å². The summed E-state index contributed by atoms with van der Waals surface area (Å²) in [7, 11) is 1.49. The number of benzene rings is 1. The lowest BCUT2D eigenvalue weighted by atomic mass is 9.85. The maximum Gasteiger partial charge on any atom is 0.408 e. The van der Waals surface area contributed by atoms with Gasteiger partial charge >= 0.3 is 6.09 Å². The Morgan fingerprint density at radius 2 is 1.89 bits per heavy atom. The monoisotopic (exact) mass is 660 g/mol. The second-order valence-electron chi connectivity index (χ2n) is 14.2. The maximum atomic E-state index is 16.1. The molecule has 47 heavy (non-hydrogen) atoms. The number of Topliss-reactive ketones (excluding diaryl/α,β-unsaturated/α-hetero) is 1. The van der Waals surface area contributed by atoms with Gasteiger partial charge in [-0.3, -0.25) is 9.59 Å². The molecular weight excluding hydrogens is 614 g/mol. The van der Waals surface area contributed by atoms with E-state index in [-0.39, 0.29) is 36.8 Å². The van der Waals surface area contributed by atoms with Crippen molar-refractivity contribution in [1.29, 1.82) is 0 Å². The summed E-state index contributed by atoms with van der Waals surface area (Å²) in [5.74, 6) is -4.67. The number of nitrogens with zero attached hydrogens (tertiary/aromatic N) is 3. The first-order chi connectivity index (χ1) is 22.1. The first kappa shape index (κ1) is 34.7. The van der Waals surface area contributed by atoms with Gasteiger partial charge in [-0.2, -0.15) is 8.78 Å². The fraction of sp³-hybridized carbons (Fsp3) is 0.676. The predicted molar refractivity (Wildman–Crippen MR) is 168 cm³/mol. The second-order valence-corrected chi connectivity index (χ2v) is 14.2. The number of nitrogens with one attached hydrogen (secondary N) is 1. The van der Waals surface area contributed by atoms with Gasteiger partial charge in [-0.05, 0) is 63.5 Å². The van der Waals surface area contributed by atoms with Crippen LogP contribution in [0.4, 0.5) is 13.6 Å². The highest BCUT2D eigenvalue weighted by Crippen LogP contribution is 2.42. The molecule has 2 aromatic rings. The van der Waals surface area contributed by atoms with Gasteiger partial charge in [0.2, 0.25) is 11.8 Å². The zero-order valence-electron chi connectivity index (χ0n) is 28.2. The Morgan fingerprint density at radius 1 is 1.15 bits per heavy atom. The van der Waals surface area contributed by atoms with Gasteiger partial charge in [-0.1, -0.05) is 27.7 Å². The molecule has 13 heteroatoms. The van der Waals surface area contributed by atoms with Crippen LogP contribution < -0.4 is 14.8 Å². The molecule has 0 unspecified atom stereocenters. The number of amides is 2. The molecular formula is C34H46F2N4O7. The molecule has 11 nitrogen and oxygen atoms in total. The molecule has 1 aromatic heterocycles. The topological polar surface area (TPSA) is 129 Å². The number of fused-ring (bicyclic) bond motifs is 5. The number of carbonyl (C=O) groups is 3. The molecule has 258 valence electrons. The van der Waals surface area contributed by atoms with Gasteiger partial charge in [-0.25, -0.2) is 14.8 Å². The van der Waals surface area contributed by atoms with E-state index in [2.05, 4.69) is 15.3 Å². The number of methoxy groups -OCH3 is 1. The number of ketones is 1. The van der Waals surface area contributed by atoms with Crippen molar-refractivity contribution in [2.45, 2.75) is 116 Å². The fourth-order valence-corrected chi connectivity index (χ4v) is 7.14. The highest BCUT2D eigenvalue weighted by molar-refractivity contribution is 5.92. The molecule has 1 aliphatic carbocycles. The summed E-state index contributed by atoms with van der Waals surface area (Å²) >= 11 is 0. The van der Waals surface area contributed by atoms with Crippen molar-refractivity contribution in [2.24, 2.45) is 11.3 Å². The molecule has 3 aliphatic rings. The number of hydrogen-bond acceptors (Lipinski definition) is 9. The van der Waals surface area contributed by atoms with E-state index in [9.17, 15) is 14.4 Å². The minimum atomic E-state index is -3.45. The standard InChI is InChI=1S/C34H46F2N4O7/c1-8-21-24-18-40(26(21)19(2)41)30(42)28(32(3,4)5)39-31(43)47-33(6)14-9-11-25(33)45-16-10-15-34(35,36)27-29(46-24)38-23-17-20(44-7)12-13-22(23)37-27/h12-13,17,21,24-26,28H,8-11,14-16,18H2,1-7H3,(H,39,43)/t21-,24+,25-,26-,28-,33-/m1/s1. The van der Waals surface area contributed by atoms with Crippen LogP contribution in [0, 0.1) is 11.3 Å². The van der Waals surface area contributed by atoms with Gasteiger partial charge in [0.25, 0.3) is 5.92 Å². The van der Waals surface area contributed by atoms with Crippen LogP contribution in [-0.4, -0.2) is 82.8 Å².